The number of aryl methyl sites for hydroxylation is 2. The second-order valence-corrected chi connectivity index (χ2v) is 10.9. The maximum atomic E-state index is 12.8. The summed E-state index contributed by atoms with van der Waals surface area (Å²) in [5, 5.41) is 3.06. The predicted molar refractivity (Wildman–Crippen MR) is 124 cm³/mol. The number of anilines is 1. The number of nitrogens with one attached hydrogen (secondary N) is 1. The highest BCUT2D eigenvalue weighted by atomic mass is 32.2. The third-order valence-corrected chi connectivity index (χ3v) is 7.80. The fourth-order valence-corrected chi connectivity index (χ4v) is 4.68. The summed E-state index contributed by atoms with van der Waals surface area (Å²) in [6, 6.07) is 12.4. The summed E-state index contributed by atoms with van der Waals surface area (Å²) in [5.74, 6) is -0.237. The van der Waals surface area contributed by atoms with Gasteiger partial charge in [0.05, 0.1) is 10.1 Å². The smallest absolute Gasteiger partial charge is 0.242 e. The summed E-state index contributed by atoms with van der Waals surface area (Å²) in [7, 11) is -0.637. The second-order valence-electron chi connectivity index (χ2n) is 7.41. The van der Waals surface area contributed by atoms with Crippen LogP contribution in [0.2, 0.25) is 0 Å². The topological polar surface area (TPSA) is 84.3 Å². The minimum Gasteiger partial charge on any atom is -0.325 e. The van der Waals surface area contributed by atoms with E-state index in [-0.39, 0.29) is 10.8 Å². The average Bonchev–Trinajstić information content (AvgIpc) is 3.18. The zero-order valence-electron chi connectivity index (χ0n) is 18.2. The molecule has 3 aromatic rings. The Morgan fingerprint density at radius 3 is 2.55 bits per heavy atom. The van der Waals surface area contributed by atoms with E-state index < -0.39 is 15.3 Å². The van der Waals surface area contributed by atoms with E-state index in [1.165, 1.54) is 49.1 Å². The first kappa shape index (κ1) is 23.1. The SMILES string of the molecule is Cc1ccc(-n2ccnc2SC(C)C(=O)Nc2cccc(S(=O)(=O)N(C)C)c2)cc1C. The molecular formula is C22H26N4O3S2. The molecule has 1 atom stereocenters. The summed E-state index contributed by atoms with van der Waals surface area (Å²) < 4.78 is 27.7. The number of imidazole rings is 1. The van der Waals surface area contributed by atoms with E-state index in [1.54, 1.807) is 25.3 Å². The molecule has 1 N–H and O–H groups in total. The number of rotatable bonds is 7. The van der Waals surface area contributed by atoms with Crippen LogP contribution in [0.1, 0.15) is 18.1 Å². The molecule has 164 valence electrons. The zero-order valence-corrected chi connectivity index (χ0v) is 19.8. The molecule has 0 saturated heterocycles. The van der Waals surface area contributed by atoms with Gasteiger partial charge in [-0.3, -0.25) is 9.36 Å². The highest BCUT2D eigenvalue weighted by Crippen LogP contribution is 2.27. The largest absolute Gasteiger partial charge is 0.325 e. The lowest BCUT2D eigenvalue weighted by atomic mass is 10.1. The molecule has 0 fully saturated rings. The zero-order chi connectivity index (χ0) is 22.8. The van der Waals surface area contributed by atoms with Gasteiger partial charge in [0.25, 0.3) is 0 Å². The molecule has 1 unspecified atom stereocenters. The summed E-state index contributed by atoms with van der Waals surface area (Å²) in [6.45, 7) is 5.91. The van der Waals surface area contributed by atoms with Crippen molar-refractivity contribution in [3.8, 4) is 5.69 Å². The van der Waals surface area contributed by atoms with E-state index >= 15 is 0 Å². The number of thioether (sulfide) groups is 1. The Labute approximate surface area is 187 Å². The Morgan fingerprint density at radius 1 is 1.13 bits per heavy atom. The van der Waals surface area contributed by atoms with Crippen LogP contribution in [-0.2, 0) is 14.8 Å². The molecule has 31 heavy (non-hydrogen) atoms. The molecule has 0 aliphatic rings. The lowest BCUT2D eigenvalue weighted by molar-refractivity contribution is -0.115. The number of amides is 1. The molecule has 9 heteroatoms. The van der Waals surface area contributed by atoms with Crippen LogP contribution in [0.3, 0.4) is 0 Å². The van der Waals surface area contributed by atoms with Crippen LogP contribution in [-0.4, -0.2) is 47.5 Å². The Bertz CT molecular complexity index is 1200. The number of hydrogen-bond acceptors (Lipinski definition) is 5. The first-order valence-electron chi connectivity index (χ1n) is 9.70. The molecule has 0 saturated carbocycles. The van der Waals surface area contributed by atoms with Crippen molar-refractivity contribution in [2.45, 2.75) is 36.1 Å². The summed E-state index contributed by atoms with van der Waals surface area (Å²) in [6.07, 6.45) is 3.57. The van der Waals surface area contributed by atoms with Gasteiger partial charge in [-0.05, 0) is 62.2 Å². The normalized spacial score (nSPS) is 12.7. The van der Waals surface area contributed by atoms with E-state index in [2.05, 4.69) is 36.3 Å². The second kappa shape index (κ2) is 9.25. The molecule has 1 heterocycles. The number of aromatic nitrogens is 2. The van der Waals surface area contributed by atoms with Crippen molar-refractivity contribution in [3.63, 3.8) is 0 Å². The minimum atomic E-state index is -3.58. The molecule has 0 bridgehead atoms. The number of nitrogens with zero attached hydrogens (tertiary/aromatic N) is 3. The van der Waals surface area contributed by atoms with Crippen LogP contribution in [0.25, 0.3) is 5.69 Å². The quantitative estimate of drug-likeness (QED) is 0.544. The van der Waals surface area contributed by atoms with Crippen molar-refractivity contribution in [3.05, 3.63) is 66.0 Å². The van der Waals surface area contributed by atoms with Crippen molar-refractivity contribution in [2.24, 2.45) is 0 Å². The molecule has 3 rings (SSSR count). The van der Waals surface area contributed by atoms with Crippen LogP contribution >= 0.6 is 11.8 Å². The molecule has 0 spiro atoms. The molecule has 1 aromatic heterocycles. The Kier molecular flexibility index (Phi) is 6.88. The van der Waals surface area contributed by atoms with Crippen molar-refractivity contribution in [1.82, 2.24) is 13.9 Å². The first-order valence-corrected chi connectivity index (χ1v) is 12.0. The molecule has 1 amide bonds. The van der Waals surface area contributed by atoms with Gasteiger partial charge in [0, 0.05) is 37.9 Å². The first-order chi connectivity index (χ1) is 14.6. The number of carbonyl (C=O) groups excluding carboxylic acids is 1. The maximum absolute atomic E-state index is 12.8. The van der Waals surface area contributed by atoms with Crippen LogP contribution in [0, 0.1) is 13.8 Å². The van der Waals surface area contributed by atoms with E-state index in [1.807, 2.05) is 16.8 Å². The molecule has 0 radical (unpaired) electrons. The van der Waals surface area contributed by atoms with Crippen LogP contribution in [0.5, 0.6) is 0 Å². The van der Waals surface area contributed by atoms with Gasteiger partial charge in [-0.1, -0.05) is 23.9 Å². The minimum absolute atomic E-state index is 0.126. The number of benzene rings is 2. The van der Waals surface area contributed by atoms with Crippen molar-refractivity contribution in [1.29, 1.82) is 0 Å². The van der Waals surface area contributed by atoms with E-state index in [9.17, 15) is 13.2 Å². The summed E-state index contributed by atoms with van der Waals surface area (Å²) >= 11 is 1.34. The average molecular weight is 459 g/mol. The standard InChI is InChI=1S/C22H26N4O3S2/c1-15-9-10-19(13-16(15)2)26-12-11-23-22(26)30-17(3)21(27)24-18-7-6-8-20(14-18)31(28,29)25(4)5/h6-14,17H,1-5H3,(H,24,27). The van der Waals surface area contributed by atoms with Crippen LogP contribution in [0.4, 0.5) is 5.69 Å². The van der Waals surface area contributed by atoms with E-state index in [0.717, 1.165) is 9.99 Å². The molecular weight excluding hydrogens is 432 g/mol. The number of carbonyl (C=O) groups is 1. The number of hydrogen-bond donors (Lipinski definition) is 1. The van der Waals surface area contributed by atoms with E-state index in [4.69, 9.17) is 0 Å². The Balaban J connectivity index is 1.74. The Hall–Kier alpha value is -2.62. The fraction of sp³-hybridized carbons (Fsp3) is 0.273. The third kappa shape index (κ3) is 5.17. The maximum Gasteiger partial charge on any atom is 0.242 e. The van der Waals surface area contributed by atoms with Gasteiger partial charge in [-0.2, -0.15) is 0 Å². The lowest BCUT2D eigenvalue weighted by Crippen LogP contribution is -2.24. The highest BCUT2D eigenvalue weighted by Gasteiger charge is 2.20. The van der Waals surface area contributed by atoms with Gasteiger partial charge in [0.1, 0.15) is 0 Å². The predicted octanol–water partition coefficient (Wildman–Crippen LogP) is 3.86. The lowest BCUT2D eigenvalue weighted by Gasteiger charge is -2.15. The van der Waals surface area contributed by atoms with Crippen LogP contribution < -0.4 is 5.32 Å². The van der Waals surface area contributed by atoms with Gasteiger partial charge in [0.2, 0.25) is 15.9 Å². The summed E-state index contributed by atoms with van der Waals surface area (Å²) in [4.78, 5) is 17.3. The van der Waals surface area contributed by atoms with E-state index in [0.29, 0.717) is 10.8 Å². The monoisotopic (exact) mass is 458 g/mol. The van der Waals surface area contributed by atoms with Gasteiger partial charge in [0.15, 0.2) is 5.16 Å². The number of sulfonamides is 1. The van der Waals surface area contributed by atoms with Crippen molar-refractivity contribution >= 4 is 33.4 Å². The van der Waals surface area contributed by atoms with Gasteiger partial charge in [-0.25, -0.2) is 17.7 Å². The Morgan fingerprint density at radius 2 is 1.87 bits per heavy atom. The highest BCUT2D eigenvalue weighted by molar-refractivity contribution is 8.00. The van der Waals surface area contributed by atoms with Crippen molar-refractivity contribution < 1.29 is 13.2 Å². The van der Waals surface area contributed by atoms with Crippen LogP contribution in [0.15, 0.2) is 64.9 Å². The van der Waals surface area contributed by atoms with Crippen molar-refractivity contribution in [2.75, 3.05) is 19.4 Å². The fourth-order valence-electron chi connectivity index (χ4n) is 2.85. The summed E-state index contributed by atoms with van der Waals surface area (Å²) in [5.41, 5.74) is 3.81. The van der Waals surface area contributed by atoms with Gasteiger partial charge >= 0.3 is 0 Å². The third-order valence-electron chi connectivity index (χ3n) is 4.91. The molecule has 0 aliphatic carbocycles. The van der Waals surface area contributed by atoms with Gasteiger partial charge < -0.3 is 5.32 Å². The molecule has 7 nitrogen and oxygen atoms in total. The molecule has 0 aliphatic heterocycles. The van der Waals surface area contributed by atoms with Gasteiger partial charge in [-0.15, -0.1) is 0 Å². The molecule has 2 aromatic carbocycles.